The molecule has 0 saturated carbocycles. The van der Waals surface area contributed by atoms with Crippen LogP contribution in [0.1, 0.15) is 52.7 Å². The molecule has 0 radical (unpaired) electrons. The predicted octanol–water partition coefficient (Wildman–Crippen LogP) is 14.2. The minimum atomic E-state index is -0.303. The molecule has 3 aromatic heterocycles. The minimum absolute atomic E-state index is 0. The first-order valence-electron chi connectivity index (χ1n) is 20.2. The van der Waals surface area contributed by atoms with Gasteiger partial charge in [-0.1, -0.05) is 161 Å². The van der Waals surface area contributed by atoms with Crippen LogP contribution in [0.4, 0.5) is 0 Å². The van der Waals surface area contributed by atoms with E-state index in [-0.39, 0.29) is 37.6 Å². The minimum Gasteiger partial charge on any atom is -0.507 e. The number of phenols is 1. The van der Waals surface area contributed by atoms with Crippen molar-refractivity contribution < 1.29 is 30.6 Å². The van der Waals surface area contributed by atoms with E-state index in [0.29, 0.717) is 11.4 Å². The molecule has 1 N–H and O–H groups in total. The Morgan fingerprint density at radius 3 is 2.10 bits per heavy atom. The Balaban J connectivity index is 0.00000462. The molecule has 0 fully saturated rings. The molecule has 0 bridgehead atoms. The predicted molar refractivity (Wildman–Crippen MR) is 243 cm³/mol. The molecular formula is C54H44N3O2Pt-. The number of nitrogens with zero attached hydrogens (tertiary/aromatic N) is 3. The molecule has 0 spiro atoms. The summed E-state index contributed by atoms with van der Waals surface area (Å²) in [6.45, 7) is 13.1. The zero-order chi connectivity index (χ0) is 40.6. The molecule has 0 aliphatic carbocycles. The number of aromatic hydroxyl groups is 1. The Kier molecular flexibility index (Phi) is 9.64. The van der Waals surface area contributed by atoms with Gasteiger partial charge in [0.15, 0.2) is 0 Å². The van der Waals surface area contributed by atoms with Crippen molar-refractivity contribution in [2.45, 2.75) is 52.4 Å². The van der Waals surface area contributed by atoms with E-state index < -0.39 is 0 Å². The van der Waals surface area contributed by atoms with E-state index in [4.69, 9.17) is 14.4 Å². The van der Waals surface area contributed by atoms with Crippen LogP contribution in [-0.4, -0.2) is 19.6 Å². The molecule has 0 amide bonds. The van der Waals surface area contributed by atoms with Crippen molar-refractivity contribution in [2.24, 2.45) is 0 Å². The van der Waals surface area contributed by atoms with Crippen LogP contribution in [0.25, 0.3) is 94.3 Å². The number of phenolic OH excluding ortho intramolecular Hbond substituents is 1. The number of rotatable bonds is 5. The maximum atomic E-state index is 12.2. The van der Waals surface area contributed by atoms with Crippen LogP contribution in [-0.2, 0) is 31.9 Å². The molecule has 10 rings (SSSR count). The average Bonchev–Trinajstić information content (AvgIpc) is 3.83. The standard InChI is InChI=1S/C54H44N3O2.Pt/c1-53(2,3)38-31-43(50(58)44(32-38)54(4,5)6)52-56-49-40(22-15-23-45(49)57(52)39-19-11-8-12-20-39)36-28-35(33-16-9-7-10-17-33)29-37(30-36)48-47-42-25-24-34-18-13-14-21-41(34)51(42)59-46(47)26-27-55-48;/h7-29,31-32,58H,1-6H3;/q-1;. The molecule has 0 aliphatic rings. The zero-order valence-electron chi connectivity index (χ0n) is 34.4. The number of benzene rings is 7. The van der Waals surface area contributed by atoms with Gasteiger partial charge in [-0.2, -0.15) is 0 Å². The summed E-state index contributed by atoms with van der Waals surface area (Å²) in [5, 5.41) is 16.4. The third kappa shape index (κ3) is 6.62. The summed E-state index contributed by atoms with van der Waals surface area (Å²) in [5.74, 6) is 0.925. The smallest absolute Gasteiger partial charge is 0.148 e. The molecule has 0 saturated heterocycles. The first-order chi connectivity index (χ1) is 28.4. The second-order valence-corrected chi connectivity index (χ2v) is 17.6. The van der Waals surface area contributed by atoms with E-state index in [1.165, 1.54) is 0 Å². The monoisotopic (exact) mass is 961 g/mol. The van der Waals surface area contributed by atoms with E-state index in [9.17, 15) is 5.11 Å². The van der Waals surface area contributed by atoms with Crippen molar-refractivity contribution in [1.82, 2.24) is 14.5 Å². The van der Waals surface area contributed by atoms with E-state index in [1.54, 1.807) is 0 Å². The van der Waals surface area contributed by atoms with Crippen LogP contribution in [0.3, 0.4) is 0 Å². The molecule has 6 heteroatoms. The normalized spacial score (nSPS) is 12.1. The Morgan fingerprint density at radius 2 is 1.35 bits per heavy atom. The van der Waals surface area contributed by atoms with E-state index >= 15 is 0 Å². The van der Waals surface area contributed by atoms with Gasteiger partial charge < -0.3 is 9.52 Å². The molecule has 0 aliphatic heterocycles. The molecule has 0 unspecified atom stereocenters. The van der Waals surface area contributed by atoms with Crippen molar-refractivity contribution >= 4 is 43.7 Å². The Labute approximate surface area is 364 Å². The number of hydrogen-bond acceptors (Lipinski definition) is 4. The number of aromatic nitrogens is 3. The largest absolute Gasteiger partial charge is 0.507 e. The second-order valence-electron chi connectivity index (χ2n) is 17.6. The van der Waals surface area contributed by atoms with Crippen molar-refractivity contribution in [3.8, 4) is 56.3 Å². The fourth-order valence-electron chi connectivity index (χ4n) is 8.44. The van der Waals surface area contributed by atoms with Crippen molar-refractivity contribution in [3.05, 3.63) is 169 Å². The van der Waals surface area contributed by atoms with Crippen LogP contribution in [0.5, 0.6) is 5.75 Å². The first-order valence-corrected chi connectivity index (χ1v) is 20.2. The second kappa shape index (κ2) is 14.8. The third-order valence-electron chi connectivity index (χ3n) is 11.5. The summed E-state index contributed by atoms with van der Waals surface area (Å²) in [4.78, 5) is 10.5. The maximum Gasteiger partial charge on any atom is 0.148 e. The molecule has 5 nitrogen and oxygen atoms in total. The van der Waals surface area contributed by atoms with Crippen LogP contribution in [0.2, 0.25) is 0 Å². The van der Waals surface area contributed by atoms with Gasteiger partial charge in [0.1, 0.15) is 22.7 Å². The van der Waals surface area contributed by atoms with Gasteiger partial charge in [0.2, 0.25) is 0 Å². The number of furan rings is 1. The first kappa shape index (κ1) is 39.2. The SMILES string of the molecule is CC(C)(C)c1cc(-c2nc3c(-c4[c-]c(-c5nccc6oc7c8ccccc8ccc7c56)cc(-c5ccccc5)c4)cccc3n2-c2ccccc2)c(O)c(C(C)(C)C)c1.[Pt]. The molecule has 7 aromatic carbocycles. The number of pyridine rings is 1. The molecule has 3 heterocycles. The summed E-state index contributed by atoms with van der Waals surface area (Å²) in [6, 6.07) is 54.1. The summed E-state index contributed by atoms with van der Waals surface area (Å²) >= 11 is 0. The van der Waals surface area contributed by atoms with Crippen molar-refractivity contribution in [1.29, 1.82) is 0 Å². The maximum absolute atomic E-state index is 12.2. The number of hydrogen-bond donors (Lipinski definition) is 1. The van der Waals surface area contributed by atoms with Gasteiger partial charge in [0.25, 0.3) is 0 Å². The van der Waals surface area contributed by atoms with E-state index in [0.717, 1.165) is 94.1 Å². The number of para-hydroxylation sites is 2. The molecule has 60 heavy (non-hydrogen) atoms. The number of fused-ring (bicyclic) bond motifs is 6. The van der Waals surface area contributed by atoms with Gasteiger partial charge in [-0.05, 0) is 57.7 Å². The molecule has 298 valence electrons. The summed E-state index contributed by atoms with van der Waals surface area (Å²) in [7, 11) is 0. The topological polar surface area (TPSA) is 64.1 Å². The van der Waals surface area contributed by atoms with E-state index in [1.807, 2.05) is 36.5 Å². The van der Waals surface area contributed by atoms with Crippen LogP contribution < -0.4 is 0 Å². The molecule has 10 aromatic rings. The van der Waals surface area contributed by atoms with Crippen molar-refractivity contribution in [2.75, 3.05) is 0 Å². The van der Waals surface area contributed by atoms with Crippen LogP contribution in [0.15, 0.2) is 156 Å². The third-order valence-corrected chi connectivity index (χ3v) is 11.5. The zero-order valence-corrected chi connectivity index (χ0v) is 36.7. The Bertz CT molecular complexity index is 3240. The quantitative estimate of drug-likeness (QED) is 0.175. The summed E-state index contributed by atoms with van der Waals surface area (Å²) in [5.41, 5.74) is 12.2. The Morgan fingerprint density at radius 1 is 0.633 bits per heavy atom. The van der Waals surface area contributed by atoms with Gasteiger partial charge in [0.05, 0.1) is 16.6 Å². The number of imidazole rings is 1. The Hall–Kier alpha value is -6.29. The summed E-state index contributed by atoms with van der Waals surface area (Å²) in [6.07, 6.45) is 1.82. The van der Waals surface area contributed by atoms with Gasteiger partial charge in [-0.15, -0.1) is 23.8 Å². The van der Waals surface area contributed by atoms with Gasteiger partial charge >= 0.3 is 0 Å². The molecule has 0 atom stereocenters. The van der Waals surface area contributed by atoms with E-state index in [2.05, 4.69) is 167 Å². The molecular weight excluding hydrogens is 918 g/mol. The van der Waals surface area contributed by atoms with Crippen LogP contribution in [0, 0.1) is 6.07 Å². The fourth-order valence-corrected chi connectivity index (χ4v) is 8.44. The van der Waals surface area contributed by atoms with Gasteiger partial charge in [-0.25, -0.2) is 4.98 Å². The fraction of sp³-hybridized carbons (Fsp3) is 0.148. The summed E-state index contributed by atoms with van der Waals surface area (Å²) < 4.78 is 8.78. The van der Waals surface area contributed by atoms with Crippen LogP contribution >= 0.6 is 0 Å². The van der Waals surface area contributed by atoms with Gasteiger partial charge in [0, 0.05) is 60.4 Å². The average molecular weight is 962 g/mol. The van der Waals surface area contributed by atoms with Crippen molar-refractivity contribution in [3.63, 3.8) is 0 Å². The van der Waals surface area contributed by atoms with Gasteiger partial charge in [-0.3, -0.25) is 9.55 Å².